The maximum atomic E-state index is 12.5. The van der Waals surface area contributed by atoms with Crippen molar-refractivity contribution in [2.45, 2.75) is 41.5 Å². The average Bonchev–Trinajstić information content (AvgIpc) is 2.80. The van der Waals surface area contributed by atoms with Gasteiger partial charge in [-0.15, -0.1) is 0 Å². The van der Waals surface area contributed by atoms with Crippen LogP contribution < -0.4 is 16.4 Å². The van der Waals surface area contributed by atoms with Crippen LogP contribution in [0.1, 0.15) is 43.7 Å². The zero-order chi connectivity index (χ0) is 25.7. The number of benzene rings is 5. The maximum absolute atomic E-state index is 12.5. The monoisotopic (exact) mass is 470 g/mol. The molecular weight excluding hydrogens is 439 g/mol. The van der Waals surface area contributed by atoms with Crippen LogP contribution in [-0.4, -0.2) is 17.8 Å². The van der Waals surface area contributed by atoms with Crippen molar-refractivity contribution in [1.29, 1.82) is 0 Å². The summed E-state index contributed by atoms with van der Waals surface area (Å²) in [5.74, 6) is -0.893. The number of carbonyl (C=O) groups is 1. The number of carboxylic acid groups (broad SMARTS) is 1. The molecule has 3 heteroatoms. The summed E-state index contributed by atoms with van der Waals surface area (Å²) in [4.78, 5) is 12.5. The molecule has 0 amide bonds. The summed E-state index contributed by atoms with van der Waals surface area (Å²) >= 11 is 0. The number of hydrogen-bond acceptors (Lipinski definition) is 1. The Bertz CT molecular complexity index is 1520. The first kappa shape index (κ1) is 23.9. The SMILES string of the molecule is Cc1cc(C)c(B(c2c(C)cc(C)cc2C)c2c3ccccc3c(C(=O)O)c3ccccc23)c(C)c1. The highest BCUT2D eigenvalue weighted by molar-refractivity contribution is 6.99. The van der Waals surface area contributed by atoms with Crippen LogP contribution in [0.2, 0.25) is 0 Å². The summed E-state index contributed by atoms with van der Waals surface area (Å²) < 4.78 is 0. The number of fused-ring (bicyclic) bond motifs is 2. The van der Waals surface area contributed by atoms with Crippen LogP contribution >= 0.6 is 0 Å². The van der Waals surface area contributed by atoms with Crippen LogP contribution in [0.25, 0.3) is 21.5 Å². The predicted molar refractivity (Wildman–Crippen MR) is 154 cm³/mol. The van der Waals surface area contributed by atoms with Crippen molar-refractivity contribution in [1.82, 2.24) is 0 Å². The van der Waals surface area contributed by atoms with Crippen molar-refractivity contribution in [3.8, 4) is 0 Å². The summed E-state index contributed by atoms with van der Waals surface area (Å²) in [6, 6.07) is 25.1. The van der Waals surface area contributed by atoms with Gasteiger partial charge in [-0.1, -0.05) is 123 Å². The van der Waals surface area contributed by atoms with Crippen molar-refractivity contribution >= 4 is 50.6 Å². The molecule has 0 saturated heterocycles. The highest BCUT2D eigenvalue weighted by Crippen LogP contribution is 2.28. The van der Waals surface area contributed by atoms with Crippen LogP contribution in [0, 0.1) is 41.5 Å². The van der Waals surface area contributed by atoms with Gasteiger partial charge in [0.05, 0.1) is 5.56 Å². The van der Waals surface area contributed by atoms with E-state index < -0.39 is 5.97 Å². The Kier molecular flexibility index (Phi) is 5.96. The first-order valence-electron chi connectivity index (χ1n) is 12.5. The molecule has 0 fully saturated rings. The zero-order valence-electron chi connectivity index (χ0n) is 21.9. The smallest absolute Gasteiger partial charge is 0.336 e. The lowest BCUT2D eigenvalue weighted by atomic mass is 9.33. The molecule has 5 rings (SSSR count). The van der Waals surface area contributed by atoms with E-state index in [1.807, 2.05) is 36.4 Å². The summed E-state index contributed by atoms with van der Waals surface area (Å²) in [7, 11) is 0. The second kappa shape index (κ2) is 8.98. The molecule has 1 N–H and O–H groups in total. The van der Waals surface area contributed by atoms with Crippen molar-refractivity contribution in [2.24, 2.45) is 0 Å². The number of aryl methyl sites for hydroxylation is 6. The third kappa shape index (κ3) is 3.80. The van der Waals surface area contributed by atoms with E-state index in [1.54, 1.807) is 0 Å². The number of carboxylic acids is 1. The van der Waals surface area contributed by atoms with E-state index in [1.165, 1.54) is 49.8 Å². The lowest BCUT2D eigenvalue weighted by Gasteiger charge is -2.27. The second-order valence-corrected chi connectivity index (χ2v) is 10.2. The molecular formula is C33H31BO2. The van der Waals surface area contributed by atoms with Gasteiger partial charge in [-0.25, -0.2) is 4.79 Å². The fraction of sp³-hybridized carbons (Fsp3) is 0.182. The number of hydrogen-bond donors (Lipinski definition) is 1. The summed E-state index contributed by atoms with van der Waals surface area (Å²) in [6.45, 7) is 13.1. The Hall–Kier alpha value is -3.85. The van der Waals surface area contributed by atoms with Gasteiger partial charge in [-0.2, -0.15) is 0 Å². The predicted octanol–water partition coefficient (Wildman–Crippen LogP) is 6.06. The fourth-order valence-electron chi connectivity index (χ4n) is 6.43. The third-order valence-corrected chi connectivity index (χ3v) is 7.53. The standard InChI is InChI=1S/C33H31BO2/c1-19-15-21(3)30(22(4)16-19)34(31-23(5)17-20(2)18-24(31)6)32-27-13-9-7-11-25(27)29(33(35)36)26-12-8-10-14-28(26)32/h7-18H,1-6H3,(H,35,36). The van der Waals surface area contributed by atoms with Gasteiger partial charge in [0, 0.05) is 0 Å². The summed E-state index contributed by atoms with van der Waals surface area (Å²) in [6.07, 6.45) is 0. The molecule has 36 heavy (non-hydrogen) atoms. The molecule has 0 aromatic heterocycles. The summed E-state index contributed by atoms with van der Waals surface area (Å²) in [5.41, 5.74) is 11.7. The minimum absolute atomic E-state index is 0.0381. The van der Waals surface area contributed by atoms with E-state index in [9.17, 15) is 9.90 Å². The van der Waals surface area contributed by atoms with E-state index >= 15 is 0 Å². The van der Waals surface area contributed by atoms with Gasteiger partial charge in [-0.3, -0.25) is 0 Å². The van der Waals surface area contributed by atoms with E-state index in [-0.39, 0.29) is 6.71 Å². The minimum atomic E-state index is -0.893. The number of rotatable bonds is 4. The number of aromatic carboxylic acids is 1. The molecule has 2 nitrogen and oxygen atoms in total. The van der Waals surface area contributed by atoms with Crippen LogP contribution in [0.3, 0.4) is 0 Å². The Morgan fingerprint density at radius 3 is 1.22 bits per heavy atom. The molecule has 0 heterocycles. The molecule has 0 aliphatic rings. The van der Waals surface area contributed by atoms with E-state index in [4.69, 9.17) is 0 Å². The Morgan fingerprint density at radius 2 is 0.889 bits per heavy atom. The van der Waals surface area contributed by atoms with Crippen LogP contribution in [0.15, 0.2) is 72.8 Å². The maximum Gasteiger partial charge on any atom is 0.336 e. The van der Waals surface area contributed by atoms with Gasteiger partial charge < -0.3 is 5.11 Å². The Morgan fingerprint density at radius 1 is 0.556 bits per heavy atom. The second-order valence-electron chi connectivity index (χ2n) is 10.2. The van der Waals surface area contributed by atoms with Gasteiger partial charge in [0.25, 0.3) is 0 Å². The lowest BCUT2D eigenvalue weighted by Crippen LogP contribution is -2.56. The molecule has 0 unspecified atom stereocenters. The normalized spacial score (nSPS) is 11.3. The largest absolute Gasteiger partial charge is 0.478 e. The average molecular weight is 470 g/mol. The van der Waals surface area contributed by atoms with Crippen molar-refractivity contribution in [3.63, 3.8) is 0 Å². The van der Waals surface area contributed by atoms with Crippen molar-refractivity contribution < 1.29 is 9.90 Å². The van der Waals surface area contributed by atoms with E-state index in [0.29, 0.717) is 5.56 Å². The van der Waals surface area contributed by atoms with Crippen LogP contribution in [0.5, 0.6) is 0 Å². The van der Waals surface area contributed by atoms with Gasteiger partial charge in [0.1, 0.15) is 0 Å². The molecule has 0 bridgehead atoms. The Balaban J connectivity index is 2.05. The van der Waals surface area contributed by atoms with E-state index in [0.717, 1.165) is 21.5 Å². The first-order chi connectivity index (χ1) is 17.2. The Labute approximate surface area is 213 Å². The topological polar surface area (TPSA) is 37.3 Å². The van der Waals surface area contributed by atoms with Crippen LogP contribution in [0.4, 0.5) is 0 Å². The van der Waals surface area contributed by atoms with Crippen molar-refractivity contribution in [2.75, 3.05) is 0 Å². The van der Waals surface area contributed by atoms with Gasteiger partial charge >= 0.3 is 5.97 Å². The molecule has 0 aliphatic carbocycles. The molecule has 0 aliphatic heterocycles. The molecule has 0 atom stereocenters. The quantitative estimate of drug-likeness (QED) is 0.256. The minimum Gasteiger partial charge on any atom is -0.478 e. The van der Waals surface area contributed by atoms with Crippen LogP contribution in [-0.2, 0) is 0 Å². The molecule has 0 saturated carbocycles. The van der Waals surface area contributed by atoms with Gasteiger partial charge in [-0.05, 0) is 63.1 Å². The lowest BCUT2D eigenvalue weighted by molar-refractivity contribution is 0.0701. The van der Waals surface area contributed by atoms with Gasteiger partial charge in [0.15, 0.2) is 0 Å². The van der Waals surface area contributed by atoms with E-state index in [2.05, 4.69) is 77.9 Å². The third-order valence-electron chi connectivity index (χ3n) is 7.53. The van der Waals surface area contributed by atoms with Crippen molar-refractivity contribution in [3.05, 3.63) is 112 Å². The molecule has 178 valence electrons. The fourth-order valence-corrected chi connectivity index (χ4v) is 6.43. The molecule has 5 aromatic rings. The molecule has 5 aromatic carbocycles. The summed E-state index contributed by atoms with van der Waals surface area (Å²) in [5, 5.41) is 13.8. The zero-order valence-corrected chi connectivity index (χ0v) is 21.9. The highest BCUT2D eigenvalue weighted by atomic mass is 16.4. The first-order valence-corrected chi connectivity index (χ1v) is 12.5. The molecule has 0 spiro atoms. The van der Waals surface area contributed by atoms with Gasteiger partial charge in [0.2, 0.25) is 6.71 Å². The highest BCUT2D eigenvalue weighted by Gasteiger charge is 2.32. The molecule has 0 radical (unpaired) electrons.